The van der Waals surface area contributed by atoms with Gasteiger partial charge in [0.05, 0.1) is 14.2 Å². The van der Waals surface area contributed by atoms with E-state index in [2.05, 4.69) is 5.32 Å². The molecule has 0 aromatic heterocycles. The Morgan fingerprint density at radius 1 is 1.16 bits per heavy atom. The van der Waals surface area contributed by atoms with Crippen molar-refractivity contribution in [2.24, 2.45) is 0 Å². The normalized spacial score (nSPS) is 16.3. The number of hydrogen-bond donors (Lipinski definition) is 1. The highest BCUT2D eigenvalue weighted by atomic mass is 19.1. The standard InChI is InChI=1S/C24H28F2N2O3/c1-16(11-17-6-8-19(25)13-21(17)26)14-28(15-20-5-4-10-27-20)24(29)18-7-9-22(30-2)23(12-18)31-3/h6-9,11-13,20,27H,4-5,10,14-15H2,1-3H3. The van der Waals surface area contributed by atoms with E-state index in [1.807, 2.05) is 6.92 Å². The van der Waals surface area contributed by atoms with Crippen molar-refractivity contribution < 1.29 is 23.0 Å². The first kappa shape index (κ1) is 22.7. The van der Waals surface area contributed by atoms with Crippen molar-refractivity contribution in [2.75, 3.05) is 33.9 Å². The summed E-state index contributed by atoms with van der Waals surface area (Å²) in [7, 11) is 3.07. The van der Waals surface area contributed by atoms with Crippen LogP contribution in [0.25, 0.3) is 6.08 Å². The molecule has 1 atom stereocenters. The molecule has 1 aliphatic rings. The molecule has 0 radical (unpaired) electrons. The van der Waals surface area contributed by atoms with Crippen molar-refractivity contribution in [2.45, 2.75) is 25.8 Å². The summed E-state index contributed by atoms with van der Waals surface area (Å²) in [5.41, 5.74) is 1.56. The van der Waals surface area contributed by atoms with Gasteiger partial charge in [0, 0.05) is 36.3 Å². The van der Waals surface area contributed by atoms with Crippen molar-refractivity contribution in [3.8, 4) is 11.5 Å². The monoisotopic (exact) mass is 430 g/mol. The van der Waals surface area contributed by atoms with Crippen LogP contribution < -0.4 is 14.8 Å². The summed E-state index contributed by atoms with van der Waals surface area (Å²) in [6.45, 7) is 3.62. The molecule has 2 aromatic rings. The van der Waals surface area contributed by atoms with Crippen molar-refractivity contribution >= 4 is 12.0 Å². The second-order valence-electron chi connectivity index (χ2n) is 7.71. The van der Waals surface area contributed by atoms with Gasteiger partial charge in [0.1, 0.15) is 11.6 Å². The molecule has 7 heteroatoms. The van der Waals surface area contributed by atoms with Gasteiger partial charge < -0.3 is 19.7 Å². The molecule has 1 unspecified atom stereocenters. The smallest absolute Gasteiger partial charge is 0.254 e. The van der Waals surface area contributed by atoms with Crippen LogP contribution in [0.5, 0.6) is 11.5 Å². The van der Waals surface area contributed by atoms with Gasteiger partial charge in [-0.1, -0.05) is 11.6 Å². The predicted octanol–water partition coefficient (Wildman–Crippen LogP) is 4.28. The molecule has 31 heavy (non-hydrogen) atoms. The molecule has 1 N–H and O–H groups in total. The molecule has 166 valence electrons. The Balaban J connectivity index is 1.85. The van der Waals surface area contributed by atoms with Gasteiger partial charge in [-0.05, 0) is 56.6 Å². The fourth-order valence-corrected chi connectivity index (χ4v) is 3.78. The van der Waals surface area contributed by atoms with E-state index in [4.69, 9.17) is 9.47 Å². The van der Waals surface area contributed by atoms with Crippen LogP contribution in [-0.2, 0) is 0 Å². The summed E-state index contributed by atoms with van der Waals surface area (Å²) in [5.74, 6) is -0.375. The quantitative estimate of drug-likeness (QED) is 0.679. The number of carbonyl (C=O) groups is 1. The zero-order valence-electron chi connectivity index (χ0n) is 18.1. The van der Waals surface area contributed by atoms with Crippen molar-refractivity contribution in [3.05, 3.63) is 64.7 Å². The van der Waals surface area contributed by atoms with Gasteiger partial charge in [-0.3, -0.25) is 4.79 Å². The molecule has 1 fully saturated rings. The fourth-order valence-electron chi connectivity index (χ4n) is 3.78. The minimum absolute atomic E-state index is 0.151. The lowest BCUT2D eigenvalue weighted by molar-refractivity contribution is 0.0757. The SMILES string of the molecule is COc1ccc(C(=O)N(CC(C)=Cc2ccc(F)cc2F)CC2CCCN2)cc1OC. The average Bonchev–Trinajstić information content (AvgIpc) is 3.27. The highest BCUT2D eigenvalue weighted by Gasteiger charge is 2.23. The van der Waals surface area contributed by atoms with Crippen LogP contribution in [0.2, 0.25) is 0 Å². The highest BCUT2D eigenvalue weighted by molar-refractivity contribution is 5.95. The zero-order valence-corrected chi connectivity index (χ0v) is 18.1. The first-order valence-corrected chi connectivity index (χ1v) is 10.3. The van der Waals surface area contributed by atoms with Crippen molar-refractivity contribution in [1.82, 2.24) is 10.2 Å². The third-order valence-electron chi connectivity index (χ3n) is 5.33. The van der Waals surface area contributed by atoms with Gasteiger partial charge in [-0.25, -0.2) is 8.78 Å². The molecule has 2 aromatic carbocycles. The van der Waals surface area contributed by atoms with E-state index in [1.165, 1.54) is 19.2 Å². The number of nitrogens with zero attached hydrogens (tertiary/aromatic N) is 1. The fraction of sp³-hybridized carbons (Fsp3) is 0.375. The Labute approximate surface area is 181 Å². The lowest BCUT2D eigenvalue weighted by Gasteiger charge is -2.27. The topological polar surface area (TPSA) is 50.8 Å². The summed E-state index contributed by atoms with van der Waals surface area (Å²) in [4.78, 5) is 15.1. The number of carbonyl (C=O) groups excluding carboxylic acids is 1. The Morgan fingerprint density at radius 2 is 1.94 bits per heavy atom. The molecule has 0 aliphatic carbocycles. The summed E-state index contributed by atoms with van der Waals surface area (Å²) in [6, 6.07) is 8.75. The number of benzene rings is 2. The van der Waals surface area contributed by atoms with E-state index >= 15 is 0 Å². The number of amides is 1. The molecule has 1 amide bonds. The number of methoxy groups -OCH3 is 2. The van der Waals surface area contributed by atoms with Gasteiger partial charge in [0.15, 0.2) is 11.5 Å². The van der Waals surface area contributed by atoms with Crippen LogP contribution in [0.3, 0.4) is 0 Å². The average molecular weight is 430 g/mol. The minimum atomic E-state index is -0.630. The Morgan fingerprint density at radius 3 is 2.58 bits per heavy atom. The Hall–Kier alpha value is -2.93. The second-order valence-corrected chi connectivity index (χ2v) is 7.71. The van der Waals surface area contributed by atoms with Gasteiger partial charge >= 0.3 is 0 Å². The van der Waals surface area contributed by atoms with Crippen molar-refractivity contribution in [3.63, 3.8) is 0 Å². The number of halogens is 2. The maximum Gasteiger partial charge on any atom is 0.254 e. The van der Waals surface area contributed by atoms with Gasteiger partial charge in [-0.2, -0.15) is 0 Å². The molecular weight excluding hydrogens is 402 g/mol. The molecule has 0 bridgehead atoms. The van der Waals surface area contributed by atoms with Crippen LogP contribution >= 0.6 is 0 Å². The number of ether oxygens (including phenoxy) is 2. The minimum Gasteiger partial charge on any atom is -0.493 e. The number of rotatable bonds is 8. The van der Waals surface area contributed by atoms with Gasteiger partial charge in [0.2, 0.25) is 0 Å². The maximum atomic E-state index is 14.1. The maximum absolute atomic E-state index is 14.1. The second kappa shape index (κ2) is 10.4. The predicted molar refractivity (Wildman–Crippen MR) is 116 cm³/mol. The number of hydrogen-bond acceptors (Lipinski definition) is 4. The first-order chi connectivity index (χ1) is 14.9. The molecule has 0 saturated carbocycles. The van der Waals surface area contributed by atoms with E-state index in [0.29, 0.717) is 30.2 Å². The molecule has 0 spiro atoms. The van der Waals surface area contributed by atoms with Gasteiger partial charge in [-0.15, -0.1) is 0 Å². The first-order valence-electron chi connectivity index (χ1n) is 10.3. The highest BCUT2D eigenvalue weighted by Crippen LogP contribution is 2.28. The molecule has 3 rings (SSSR count). The number of nitrogens with one attached hydrogen (secondary N) is 1. The third-order valence-corrected chi connectivity index (χ3v) is 5.33. The molecule has 1 heterocycles. The van der Waals surface area contributed by atoms with E-state index in [-0.39, 0.29) is 17.5 Å². The van der Waals surface area contributed by atoms with Gasteiger partial charge in [0.25, 0.3) is 5.91 Å². The summed E-state index contributed by atoms with van der Waals surface area (Å²) in [5, 5.41) is 3.41. The van der Waals surface area contributed by atoms with Crippen LogP contribution in [-0.4, -0.2) is 50.7 Å². The summed E-state index contributed by atoms with van der Waals surface area (Å²) < 4.78 is 37.8. The molecule has 1 aliphatic heterocycles. The van der Waals surface area contributed by atoms with Crippen LogP contribution in [0, 0.1) is 11.6 Å². The summed E-state index contributed by atoms with van der Waals surface area (Å²) >= 11 is 0. The molecule has 5 nitrogen and oxygen atoms in total. The van der Waals surface area contributed by atoms with E-state index in [9.17, 15) is 13.6 Å². The molecule has 1 saturated heterocycles. The largest absolute Gasteiger partial charge is 0.493 e. The third kappa shape index (κ3) is 5.82. The van der Waals surface area contributed by atoms with Crippen LogP contribution in [0.1, 0.15) is 35.7 Å². The van der Waals surface area contributed by atoms with E-state index in [1.54, 1.807) is 36.3 Å². The van der Waals surface area contributed by atoms with E-state index < -0.39 is 11.6 Å². The summed E-state index contributed by atoms with van der Waals surface area (Å²) in [6.07, 6.45) is 3.70. The van der Waals surface area contributed by atoms with E-state index in [0.717, 1.165) is 31.0 Å². The lowest BCUT2D eigenvalue weighted by atomic mass is 10.1. The van der Waals surface area contributed by atoms with Crippen LogP contribution in [0.15, 0.2) is 42.0 Å². The lowest BCUT2D eigenvalue weighted by Crippen LogP contribution is -2.42. The van der Waals surface area contributed by atoms with Crippen molar-refractivity contribution in [1.29, 1.82) is 0 Å². The molecular formula is C24H28F2N2O3. The zero-order chi connectivity index (χ0) is 22.4. The van der Waals surface area contributed by atoms with Crippen LogP contribution in [0.4, 0.5) is 8.78 Å². The Kier molecular flexibility index (Phi) is 7.63. The Bertz CT molecular complexity index is 956.